The predicted octanol–water partition coefficient (Wildman–Crippen LogP) is 3.58. The average Bonchev–Trinajstić information content (AvgIpc) is 2.70. The molecule has 30 heavy (non-hydrogen) atoms. The third kappa shape index (κ3) is 8.90. The summed E-state index contributed by atoms with van der Waals surface area (Å²) in [6.07, 6.45) is 0.180. The fraction of sp³-hybridized carbons (Fsp3) is 0.375. The lowest BCUT2D eigenvalue weighted by molar-refractivity contribution is -0.155. The largest absolute Gasteiger partial charge is 0.460 e. The molecule has 6 heteroatoms. The van der Waals surface area contributed by atoms with Gasteiger partial charge in [0.25, 0.3) is 0 Å². The summed E-state index contributed by atoms with van der Waals surface area (Å²) in [5.74, 6) is -1.38. The van der Waals surface area contributed by atoms with Gasteiger partial charge in [0.05, 0.1) is 6.42 Å². The molecule has 0 heterocycles. The zero-order valence-electron chi connectivity index (χ0n) is 17.7. The Balaban J connectivity index is 1.95. The van der Waals surface area contributed by atoms with Crippen LogP contribution in [0.25, 0.3) is 0 Å². The van der Waals surface area contributed by atoms with E-state index < -0.39 is 29.5 Å². The van der Waals surface area contributed by atoms with Gasteiger partial charge in [0.2, 0.25) is 5.91 Å². The van der Waals surface area contributed by atoms with E-state index in [0.717, 1.165) is 11.1 Å². The molecule has 0 bridgehead atoms. The standard InChI is InChI=1S/C24H29NO5/c1-24(2,3)30-22(27)15-14-21(26)25-20(16-18-10-6-4-7-11-18)23(28)29-17-19-12-8-5-9-13-19/h4-13,20H,14-17H2,1-3H3,(H,25,26)/t20-/m0/s1. The monoisotopic (exact) mass is 411 g/mol. The van der Waals surface area contributed by atoms with Crippen molar-refractivity contribution < 1.29 is 23.9 Å². The van der Waals surface area contributed by atoms with E-state index in [9.17, 15) is 14.4 Å². The average molecular weight is 411 g/mol. The van der Waals surface area contributed by atoms with E-state index in [1.54, 1.807) is 20.8 Å². The number of amides is 1. The van der Waals surface area contributed by atoms with Crippen LogP contribution >= 0.6 is 0 Å². The van der Waals surface area contributed by atoms with Gasteiger partial charge in [-0.2, -0.15) is 0 Å². The van der Waals surface area contributed by atoms with Crippen LogP contribution in [0.4, 0.5) is 0 Å². The number of nitrogens with one attached hydrogen (secondary N) is 1. The maximum absolute atomic E-state index is 12.7. The first-order chi connectivity index (χ1) is 14.2. The lowest BCUT2D eigenvalue weighted by Gasteiger charge is -2.20. The highest BCUT2D eigenvalue weighted by Crippen LogP contribution is 2.10. The van der Waals surface area contributed by atoms with Crippen molar-refractivity contribution in [1.29, 1.82) is 0 Å². The number of carbonyl (C=O) groups is 3. The van der Waals surface area contributed by atoms with E-state index in [1.807, 2.05) is 60.7 Å². The minimum atomic E-state index is -0.845. The van der Waals surface area contributed by atoms with Gasteiger partial charge in [0.15, 0.2) is 0 Å². The van der Waals surface area contributed by atoms with Crippen molar-refractivity contribution in [2.45, 2.75) is 58.3 Å². The third-order valence-corrected chi connectivity index (χ3v) is 4.10. The van der Waals surface area contributed by atoms with E-state index in [4.69, 9.17) is 9.47 Å². The number of hydrogen-bond acceptors (Lipinski definition) is 5. The van der Waals surface area contributed by atoms with Crippen LogP contribution in [-0.4, -0.2) is 29.5 Å². The number of benzene rings is 2. The summed E-state index contributed by atoms with van der Waals surface area (Å²) in [5, 5.41) is 2.70. The summed E-state index contributed by atoms with van der Waals surface area (Å²) >= 11 is 0. The van der Waals surface area contributed by atoms with Gasteiger partial charge in [-0.15, -0.1) is 0 Å². The molecule has 0 spiro atoms. The molecule has 0 unspecified atom stereocenters. The van der Waals surface area contributed by atoms with Gasteiger partial charge in [-0.1, -0.05) is 60.7 Å². The summed E-state index contributed by atoms with van der Waals surface area (Å²) in [7, 11) is 0. The first-order valence-corrected chi connectivity index (χ1v) is 9.98. The molecule has 0 aliphatic heterocycles. The van der Waals surface area contributed by atoms with E-state index in [1.165, 1.54) is 0 Å². The van der Waals surface area contributed by atoms with Crippen molar-refractivity contribution >= 4 is 17.8 Å². The normalized spacial score (nSPS) is 12.0. The smallest absolute Gasteiger partial charge is 0.329 e. The molecule has 2 rings (SSSR count). The molecule has 6 nitrogen and oxygen atoms in total. The molecule has 2 aromatic rings. The van der Waals surface area contributed by atoms with Crippen molar-refractivity contribution in [2.75, 3.05) is 0 Å². The molecule has 1 amide bonds. The molecule has 0 aliphatic carbocycles. The molecule has 1 N–H and O–H groups in total. The highest BCUT2D eigenvalue weighted by atomic mass is 16.6. The van der Waals surface area contributed by atoms with Gasteiger partial charge in [-0.25, -0.2) is 4.79 Å². The molecule has 160 valence electrons. The second-order valence-electron chi connectivity index (χ2n) is 7.99. The van der Waals surface area contributed by atoms with Gasteiger partial charge >= 0.3 is 11.9 Å². The number of rotatable bonds is 9. The SMILES string of the molecule is CC(C)(C)OC(=O)CCC(=O)N[C@@H](Cc1ccccc1)C(=O)OCc1ccccc1. The summed E-state index contributed by atoms with van der Waals surface area (Å²) < 4.78 is 10.6. The van der Waals surface area contributed by atoms with Crippen molar-refractivity contribution in [1.82, 2.24) is 5.32 Å². The Kier molecular flexibility index (Phi) is 8.59. The van der Waals surface area contributed by atoms with Crippen LogP contribution in [0.2, 0.25) is 0 Å². The number of ether oxygens (including phenoxy) is 2. The number of carbonyl (C=O) groups excluding carboxylic acids is 3. The minimum absolute atomic E-state index is 0.0553. The third-order valence-electron chi connectivity index (χ3n) is 4.10. The maximum atomic E-state index is 12.7. The van der Waals surface area contributed by atoms with Crippen LogP contribution in [0.3, 0.4) is 0 Å². The van der Waals surface area contributed by atoms with Gasteiger partial charge in [-0.05, 0) is 31.9 Å². The Labute approximate surface area is 177 Å². The molecule has 0 radical (unpaired) electrons. The molecule has 0 saturated carbocycles. The van der Waals surface area contributed by atoms with E-state index in [-0.39, 0.29) is 19.4 Å². The molecule has 0 aromatic heterocycles. The van der Waals surface area contributed by atoms with Crippen LogP contribution in [0, 0.1) is 0 Å². The highest BCUT2D eigenvalue weighted by molar-refractivity contribution is 5.86. The van der Waals surface area contributed by atoms with Crippen LogP contribution < -0.4 is 5.32 Å². The van der Waals surface area contributed by atoms with Crippen molar-refractivity contribution in [3.8, 4) is 0 Å². The molecule has 2 aromatic carbocycles. The van der Waals surface area contributed by atoms with Gasteiger partial charge in [-0.3, -0.25) is 9.59 Å². The lowest BCUT2D eigenvalue weighted by Crippen LogP contribution is -2.43. The zero-order chi connectivity index (χ0) is 22.0. The molecule has 0 aliphatic rings. The fourth-order valence-corrected chi connectivity index (χ4v) is 2.75. The van der Waals surface area contributed by atoms with Crippen molar-refractivity contribution in [3.63, 3.8) is 0 Å². The summed E-state index contributed by atoms with van der Waals surface area (Å²) in [6.45, 7) is 5.43. The lowest BCUT2D eigenvalue weighted by atomic mass is 10.1. The van der Waals surface area contributed by atoms with Crippen molar-refractivity contribution in [3.05, 3.63) is 71.8 Å². The van der Waals surface area contributed by atoms with E-state index in [2.05, 4.69) is 5.32 Å². The highest BCUT2D eigenvalue weighted by Gasteiger charge is 2.24. The summed E-state index contributed by atoms with van der Waals surface area (Å²) in [5.41, 5.74) is 1.15. The fourth-order valence-electron chi connectivity index (χ4n) is 2.75. The minimum Gasteiger partial charge on any atom is -0.460 e. The summed E-state index contributed by atoms with van der Waals surface area (Å²) in [4.78, 5) is 36.9. The Morgan fingerprint density at radius 1 is 0.867 bits per heavy atom. The molecule has 1 atom stereocenters. The Bertz CT molecular complexity index is 828. The maximum Gasteiger partial charge on any atom is 0.329 e. The second-order valence-corrected chi connectivity index (χ2v) is 7.99. The molecule has 0 saturated heterocycles. The van der Waals surface area contributed by atoms with Crippen LogP contribution in [0.1, 0.15) is 44.7 Å². The molecular weight excluding hydrogens is 382 g/mol. The Morgan fingerprint density at radius 3 is 2.00 bits per heavy atom. The predicted molar refractivity (Wildman–Crippen MR) is 113 cm³/mol. The Morgan fingerprint density at radius 2 is 1.43 bits per heavy atom. The quantitative estimate of drug-likeness (QED) is 0.638. The first-order valence-electron chi connectivity index (χ1n) is 9.98. The van der Waals surface area contributed by atoms with E-state index in [0.29, 0.717) is 6.42 Å². The van der Waals surface area contributed by atoms with Crippen LogP contribution in [0.15, 0.2) is 60.7 Å². The summed E-state index contributed by atoms with van der Waals surface area (Å²) in [6, 6.07) is 17.9. The van der Waals surface area contributed by atoms with Crippen molar-refractivity contribution in [2.24, 2.45) is 0 Å². The first kappa shape index (κ1) is 23.1. The van der Waals surface area contributed by atoms with Crippen LogP contribution in [-0.2, 0) is 36.9 Å². The second kappa shape index (κ2) is 11.1. The van der Waals surface area contributed by atoms with Crippen LogP contribution in [0.5, 0.6) is 0 Å². The van der Waals surface area contributed by atoms with Gasteiger partial charge in [0, 0.05) is 12.8 Å². The van der Waals surface area contributed by atoms with E-state index >= 15 is 0 Å². The van der Waals surface area contributed by atoms with Gasteiger partial charge in [0.1, 0.15) is 18.2 Å². The topological polar surface area (TPSA) is 81.7 Å². The number of hydrogen-bond donors (Lipinski definition) is 1. The number of esters is 2. The molecule has 0 fully saturated rings. The van der Waals surface area contributed by atoms with Gasteiger partial charge < -0.3 is 14.8 Å². The molecular formula is C24H29NO5. The Hall–Kier alpha value is -3.15. The zero-order valence-corrected chi connectivity index (χ0v) is 17.7.